The molecule has 1 aliphatic rings. The third kappa shape index (κ3) is 7.24. The molecule has 0 radical (unpaired) electrons. The van der Waals surface area contributed by atoms with E-state index in [0.717, 1.165) is 32.1 Å². The lowest BCUT2D eigenvalue weighted by Crippen LogP contribution is -2.45. The zero-order valence-electron chi connectivity index (χ0n) is 15.3. The van der Waals surface area contributed by atoms with Crippen LogP contribution in [0.1, 0.15) is 34.1 Å². The molecule has 0 aromatic rings. The van der Waals surface area contributed by atoms with E-state index in [-0.39, 0.29) is 35.8 Å². The summed E-state index contributed by atoms with van der Waals surface area (Å²) in [6.45, 7) is 13.8. The van der Waals surface area contributed by atoms with Gasteiger partial charge in [0, 0.05) is 45.2 Å². The average molecular weight is 439 g/mol. The minimum absolute atomic E-state index is 0. The smallest absolute Gasteiger partial charge is 0.222 e. The van der Waals surface area contributed by atoms with Crippen molar-refractivity contribution in [3.8, 4) is 0 Å². The Labute approximate surface area is 158 Å². The molecule has 1 unspecified atom stereocenters. The van der Waals surface area contributed by atoms with Crippen LogP contribution in [0.25, 0.3) is 0 Å². The fraction of sp³-hybridized carbons (Fsp3) is 0.875. The fourth-order valence-electron chi connectivity index (χ4n) is 2.87. The monoisotopic (exact) mass is 439 g/mol. The maximum atomic E-state index is 11.5. The molecule has 0 aromatic heterocycles. The average Bonchev–Trinajstić information content (AvgIpc) is 2.97. The van der Waals surface area contributed by atoms with Crippen molar-refractivity contribution in [2.75, 3.05) is 46.3 Å². The van der Waals surface area contributed by atoms with Crippen LogP contribution >= 0.6 is 24.0 Å². The molecule has 0 saturated carbocycles. The lowest BCUT2D eigenvalue weighted by molar-refractivity contribution is -0.123. The molecule has 1 atom stereocenters. The van der Waals surface area contributed by atoms with Crippen molar-refractivity contribution >= 4 is 35.8 Å². The van der Waals surface area contributed by atoms with Crippen molar-refractivity contribution in [2.24, 2.45) is 10.9 Å². The molecule has 23 heavy (non-hydrogen) atoms. The van der Waals surface area contributed by atoms with Crippen molar-refractivity contribution < 1.29 is 4.79 Å². The standard InChI is InChI=1S/C16H33N5O.HI/c1-6-20(7-2)14-8-11-21(12-14)16(17-5)19-10-9-18-15(22)13(3)4;/h13-14H,6-12H2,1-5H3,(H,17,19)(H,18,22);1H. The minimum atomic E-state index is 0. The highest BCUT2D eigenvalue weighted by molar-refractivity contribution is 14.0. The van der Waals surface area contributed by atoms with Gasteiger partial charge in [0.15, 0.2) is 5.96 Å². The summed E-state index contributed by atoms with van der Waals surface area (Å²) >= 11 is 0. The van der Waals surface area contributed by atoms with Crippen LogP contribution in [0.15, 0.2) is 4.99 Å². The van der Waals surface area contributed by atoms with Crippen molar-refractivity contribution in [1.82, 2.24) is 20.4 Å². The zero-order chi connectivity index (χ0) is 16.5. The van der Waals surface area contributed by atoms with E-state index >= 15 is 0 Å². The van der Waals surface area contributed by atoms with Gasteiger partial charge in [-0.25, -0.2) is 0 Å². The molecule has 136 valence electrons. The first-order chi connectivity index (χ1) is 10.5. The molecule has 1 amide bonds. The van der Waals surface area contributed by atoms with E-state index in [4.69, 9.17) is 0 Å². The van der Waals surface area contributed by atoms with Gasteiger partial charge in [-0.2, -0.15) is 0 Å². The Hall–Kier alpha value is -0.570. The predicted molar refractivity (Wildman–Crippen MR) is 108 cm³/mol. The van der Waals surface area contributed by atoms with Crippen LogP contribution in [0, 0.1) is 5.92 Å². The number of rotatable bonds is 7. The Bertz CT molecular complexity index is 371. The molecule has 1 rings (SSSR count). The number of guanidine groups is 1. The maximum Gasteiger partial charge on any atom is 0.222 e. The Morgan fingerprint density at radius 3 is 2.39 bits per heavy atom. The largest absolute Gasteiger partial charge is 0.354 e. The maximum absolute atomic E-state index is 11.5. The second-order valence-corrected chi connectivity index (χ2v) is 6.03. The highest BCUT2D eigenvalue weighted by Gasteiger charge is 2.27. The first kappa shape index (κ1) is 22.4. The van der Waals surface area contributed by atoms with Crippen LogP contribution in [0.5, 0.6) is 0 Å². The van der Waals surface area contributed by atoms with Gasteiger partial charge in [0.2, 0.25) is 5.91 Å². The Morgan fingerprint density at radius 2 is 1.87 bits per heavy atom. The third-order valence-electron chi connectivity index (χ3n) is 4.24. The number of amides is 1. The summed E-state index contributed by atoms with van der Waals surface area (Å²) in [5.41, 5.74) is 0. The van der Waals surface area contributed by atoms with E-state index in [0.29, 0.717) is 19.1 Å². The molecule has 0 spiro atoms. The summed E-state index contributed by atoms with van der Waals surface area (Å²) in [7, 11) is 1.82. The summed E-state index contributed by atoms with van der Waals surface area (Å²) < 4.78 is 0. The van der Waals surface area contributed by atoms with Gasteiger partial charge in [-0.1, -0.05) is 27.7 Å². The lowest BCUT2D eigenvalue weighted by atomic mass is 10.2. The lowest BCUT2D eigenvalue weighted by Gasteiger charge is -2.27. The van der Waals surface area contributed by atoms with Gasteiger partial charge >= 0.3 is 0 Å². The van der Waals surface area contributed by atoms with Crippen LogP contribution in [0.4, 0.5) is 0 Å². The minimum Gasteiger partial charge on any atom is -0.354 e. The van der Waals surface area contributed by atoms with E-state index in [1.54, 1.807) is 0 Å². The van der Waals surface area contributed by atoms with Gasteiger partial charge in [0.05, 0.1) is 0 Å². The first-order valence-corrected chi connectivity index (χ1v) is 8.50. The highest BCUT2D eigenvalue weighted by atomic mass is 127. The zero-order valence-corrected chi connectivity index (χ0v) is 17.6. The molecular weight excluding hydrogens is 405 g/mol. The van der Waals surface area contributed by atoms with Gasteiger partial charge in [-0.15, -0.1) is 24.0 Å². The molecule has 7 heteroatoms. The third-order valence-corrected chi connectivity index (χ3v) is 4.24. The SMILES string of the molecule is CCN(CC)C1CCN(C(=NC)NCCNC(=O)C(C)C)C1.I. The number of aliphatic imine (C=N–C) groups is 1. The van der Waals surface area contributed by atoms with E-state index < -0.39 is 0 Å². The summed E-state index contributed by atoms with van der Waals surface area (Å²) in [6.07, 6.45) is 1.19. The normalized spacial score (nSPS) is 18.3. The summed E-state index contributed by atoms with van der Waals surface area (Å²) in [6, 6.07) is 0.620. The number of carbonyl (C=O) groups is 1. The molecule has 1 heterocycles. The van der Waals surface area contributed by atoms with Crippen molar-refractivity contribution in [1.29, 1.82) is 0 Å². The quantitative estimate of drug-likeness (QED) is 0.272. The van der Waals surface area contributed by atoms with Crippen LogP contribution in [0.3, 0.4) is 0 Å². The summed E-state index contributed by atoms with van der Waals surface area (Å²) in [5, 5.41) is 6.26. The van der Waals surface area contributed by atoms with Gasteiger partial charge in [0.1, 0.15) is 0 Å². The Morgan fingerprint density at radius 1 is 1.26 bits per heavy atom. The van der Waals surface area contributed by atoms with Gasteiger partial charge in [0.25, 0.3) is 0 Å². The van der Waals surface area contributed by atoms with Crippen LogP contribution in [0.2, 0.25) is 0 Å². The molecule has 0 bridgehead atoms. The van der Waals surface area contributed by atoms with Gasteiger partial charge in [-0.05, 0) is 19.5 Å². The number of nitrogens with zero attached hydrogens (tertiary/aromatic N) is 3. The van der Waals surface area contributed by atoms with E-state index in [2.05, 4.69) is 39.3 Å². The van der Waals surface area contributed by atoms with Crippen molar-refractivity contribution in [3.63, 3.8) is 0 Å². The number of carbonyl (C=O) groups excluding carboxylic acids is 1. The number of hydrogen-bond donors (Lipinski definition) is 2. The number of hydrogen-bond acceptors (Lipinski definition) is 3. The molecular formula is C16H34IN5O. The molecule has 1 saturated heterocycles. The van der Waals surface area contributed by atoms with Crippen molar-refractivity contribution in [2.45, 2.75) is 40.2 Å². The number of halogens is 1. The van der Waals surface area contributed by atoms with Gasteiger partial charge < -0.3 is 15.5 Å². The molecule has 2 N–H and O–H groups in total. The van der Waals surface area contributed by atoms with E-state index in [9.17, 15) is 4.79 Å². The van der Waals surface area contributed by atoms with E-state index in [1.807, 2.05) is 20.9 Å². The molecule has 0 aromatic carbocycles. The molecule has 1 fully saturated rings. The number of likely N-dealkylation sites (N-methyl/N-ethyl adjacent to an activating group) is 1. The predicted octanol–water partition coefficient (Wildman–Crippen LogP) is 1.37. The van der Waals surface area contributed by atoms with Gasteiger partial charge in [-0.3, -0.25) is 14.7 Å². The highest BCUT2D eigenvalue weighted by Crippen LogP contribution is 2.15. The van der Waals surface area contributed by atoms with Crippen LogP contribution < -0.4 is 10.6 Å². The van der Waals surface area contributed by atoms with Crippen molar-refractivity contribution in [3.05, 3.63) is 0 Å². The molecule has 0 aliphatic carbocycles. The molecule has 6 nitrogen and oxygen atoms in total. The topological polar surface area (TPSA) is 60.0 Å². The fourth-order valence-corrected chi connectivity index (χ4v) is 2.87. The first-order valence-electron chi connectivity index (χ1n) is 8.50. The Balaban J connectivity index is 0.00000484. The Kier molecular flexibility index (Phi) is 11.6. The van der Waals surface area contributed by atoms with E-state index in [1.165, 1.54) is 6.42 Å². The second-order valence-electron chi connectivity index (χ2n) is 6.03. The second kappa shape index (κ2) is 11.9. The van der Waals surface area contributed by atoms with Crippen LogP contribution in [-0.2, 0) is 4.79 Å². The van der Waals surface area contributed by atoms with Crippen LogP contribution in [-0.4, -0.2) is 74.0 Å². The number of nitrogens with one attached hydrogen (secondary N) is 2. The summed E-state index contributed by atoms with van der Waals surface area (Å²) in [5.74, 6) is 1.07. The number of likely N-dealkylation sites (tertiary alicyclic amines) is 1. The molecule has 1 aliphatic heterocycles. The summed E-state index contributed by atoms with van der Waals surface area (Å²) in [4.78, 5) is 20.7.